The molecule has 0 saturated heterocycles. The number of nitrogens with one attached hydrogen (secondary N) is 2. The van der Waals surface area contributed by atoms with E-state index in [0.29, 0.717) is 11.4 Å². The Morgan fingerprint density at radius 3 is 2.04 bits per heavy atom. The summed E-state index contributed by atoms with van der Waals surface area (Å²) in [4.78, 5) is 34.2. The molecule has 0 fully saturated rings. The average Bonchev–Trinajstić information content (AvgIpc) is 2.46. The molecule has 2 aromatic rings. The lowest BCUT2D eigenvalue weighted by Crippen LogP contribution is -2.15. The molecule has 0 bridgehead atoms. The zero-order valence-electron chi connectivity index (χ0n) is 12.2. The molecule has 9 nitrogen and oxygen atoms in total. The van der Waals surface area contributed by atoms with Crippen molar-refractivity contribution in [3.63, 3.8) is 0 Å². The van der Waals surface area contributed by atoms with Gasteiger partial charge in [0.15, 0.2) is 5.16 Å². The summed E-state index contributed by atoms with van der Waals surface area (Å²) in [6.07, 6.45) is 0. The highest BCUT2D eigenvalue weighted by molar-refractivity contribution is 7.99. The number of thioether (sulfide) groups is 1. The van der Waals surface area contributed by atoms with Gasteiger partial charge in [0.2, 0.25) is 23.7 Å². The number of anilines is 4. The molecule has 6 N–H and O–H groups in total. The first-order valence-electron chi connectivity index (χ1n) is 6.49. The van der Waals surface area contributed by atoms with Gasteiger partial charge in [-0.3, -0.25) is 9.59 Å². The lowest BCUT2D eigenvalue weighted by atomic mass is 10.3. The van der Waals surface area contributed by atoms with E-state index in [2.05, 4.69) is 25.6 Å². The monoisotopic (exact) mass is 333 g/mol. The third-order valence-corrected chi connectivity index (χ3v) is 3.32. The first-order chi connectivity index (χ1) is 10.9. The van der Waals surface area contributed by atoms with Gasteiger partial charge < -0.3 is 22.1 Å². The fourth-order valence-electron chi connectivity index (χ4n) is 1.62. The number of nitrogen functional groups attached to an aromatic ring is 2. The standard InChI is InChI=1S/C13H15N7O2S/c1-7(21)16-8-2-4-9(5-3-8)17-10(22)6-23-13-19-11(14)18-12(15)20-13/h2-5H,6H2,1H3,(H,16,21)(H,17,22)(H4,14,15,18,19,20). The van der Waals surface area contributed by atoms with E-state index in [-0.39, 0.29) is 34.6 Å². The van der Waals surface area contributed by atoms with E-state index in [9.17, 15) is 9.59 Å². The van der Waals surface area contributed by atoms with Gasteiger partial charge in [-0.2, -0.15) is 15.0 Å². The van der Waals surface area contributed by atoms with Gasteiger partial charge in [-0.05, 0) is 24.3 Å². The Hall–Kier alpha value is -2.88. The number of nitrogens with zero attached hydrogens (tertiary/aromatic N) is 3. The quantitative estimate of drug-likeness (QED) is 0.585. The van der Waals surface area contributed by atoms with Crippen LogP contribution in [0.1, 0.15) is 6.92 Å². The molecule has 1 aromatic heterocycles. The Kier molecular flexibility index (Phi) is 5.31. The Labute approximate surface area is 136 Å². The molecule has 120 valence electrons. The number of hydrogen-bond donors (Lipinski definition) is 4. The highest BCUT2D eigenvalue weighted by Crippen LogP contribution is 2.16. The summed E-state index contributed by atoms with van der Waals surface area (Å²) in [5.74, 6) is -0.284. The van der Waals surface area contributed by atoms with Gasteiger partial charge in [0.05, 0.1) is 5.75 Å². The van der Waals surface area contributed by atoms with Crippen molar-refractivity contribution in [1.82, 2.24) is 15.0 Å². The van der Waals surface area contributed by atoms with Crippen molar-refractivity contribution in [3.05, 3.63) is 24.3 Å². The van der Waals surface area contributed by atoms with E-state index in [4.69, 9.17) is 11.5 Å². The molecule has 23 heavy (non-hydrogen) atoms. The molecule has 0 spiro atoms. The summed E-state index contributed by atoms with van der Waals surface area (Å²) in [5.41, 5.74) is 12.2. The van der Waals surface area contributed by atoms with Crippen molar-refractivity contribution in [2.24, 2.45) is 0 Å². The van der Waals surface area contributed by atoms with Gasteiger partial charge in [-0.1, -0.05) is 11.8 Å². The summed E-state index contributed by atoms with van der Waals surface area (Å²) in [6, 6.07) is 6.76. The Balaban J connectivity index is 1.88. The van der Waals surface area contributed by atoms with Gasteiger partial charge >= 0.3 is 0 Å². The first kappa shape index (κ1) is 16.5. The molecule has 0 unspecified atom stereocenters. The zero-order valence-corrected chi connectivity index (χ0v) is 13.1. The average molecular weight is 333 g/mol. The molecule has 1 aromatic carbocycles. The second-order valence-electron chi connectivity index (χ2n) is 4.43. The fourth-order valence-corrected chi connectivity index (χ4v) is 2.27. The largest absolute Gasteiger partial charge is 0.368 e. The first-order valence-corrected chi connectivity index (χ1v) is 7.48. The van der Waals surface area contributed by atoms with E-state index in [1.54, 1.807) is 24.3 Å². The highest BCUT2D eigenvalue weighted by atomic mass is 32.2. The summed E-state index contributed by atoms with van der Waals surface area (Å²) in [6.45, 7) is 1.42. The van der Waals surface area contributed by atoms with Gasteiger partial charge in [0.1, 0.15) is 0 Å². The molecule has 10 heteroatoms. The lowest BCUT2D eigenvalue weighted by molar-refractivity contribution is -0.114. The Morgan fingerprint density at radius 2 is 1.52 bits per heavy atom. The van der Waals surface area contributed by atoms with Crippen LogP contribution in [0.5, 0.6) is 0 Å². The predicted molar refractivity (Wildman–Crippen MR) is 88.8 cm³/mol. The zero-order chi connectivity index (χ0) is 16.8. The number of amides is 2. The fraction of sp³-hybridized carbons (Fsp3) is 0.154. The molecular weight excluding hydrogens is 318 g/mol. The maximum Gasteiger partial charge on any atom is 0.234 e. The van der Waals surface area contributed by atoms with Crippen LogP contribution in [0.15, 0.2) is 29.4 Å². The van der Waals surface area contributed by atoms with E-state index in [0.717, 1.165) is 11.8 Å². The second kappa shape index (κ2) is 7.40. The molecule has 0 saturated carbocycles. The van der Waals surface area contributed by atoms with Crippen LogP contribution < -0.4 is 22.1 Å². The predicted octanol–water partition coefficient (Wildman–Crippen LogP) is 0.725. The van der Waals surface area contributed by atoms with Crippen LogP contribution in [0.2, 0.25) is 0 Å². The molecule has 0 aliphatic rings. The molecule has 0 atom stereocenters. The number of benzene rings is 1. The minimum Gasteiger partial charge on any atom is -0.368 e. The summed E-state index contributed by atoms with van der Waals surface area (Å²) in [5, 5.41) is 5.64. The van der Waals surface area contributed by atoms with E-state index < -0.39 is 0 Å². The SMILES string of the molecule is CC(=O)Nc1ccc(NC(=O)CSc2nc(N)nc(N)n2)cc1. The van der Waals surface area contributed by atoms with Crippen molar-refractivity contribution in [3.8, 4) is 0 Å². The Morgan fingerprint density at radius 1 is 1.00 bits per heavy atom. The van der Waals surface area contributed by atoms with Crippen LogP contribution >= 0.6 is 11.8 Å². The number of aromatic nitrogens is 3. The molecule has 0 aliphatic carbocycles. The van der Waals surface area contributed by atoms with Crippen molar-refractivity contribution < 1.29 is 9.59 Å². The van der Waals surface area contributed by atoms with Gasteiger partial charge in [-0.25, -0.2) is 0 Å². The van der Waals surface area contributed by atoms with Crippen molar-refractivity contribution >= 4 is 46.8 Å². The minimum atomic E-state index is -0.236. The third-order valence-electron chi connectivity index (χ3n) is 2.47. The number of nitrogens with two attached hydrogens (primary N) is 2. The van der Waals surface area contributed by atoms with Gasteiger partial charge in [0.25, 0.3) is 0 Å². The van der Waals surface area contributed by atoms with Gasteiger partial charge in [-0.15, -0.1) is 0 Å². The van der Waals surface area contributed by atoms with Crippen LogP contribution in [0.25, 0.3) is 0 Å². The highest BCUT2D eigenvalue weighted by Gasteiger charge is 2.08. The van der Waals surface area contributed by atoms with Crippen LogP contribution in [-0.4, -0.2) is 32.5 Å². The van der Waals surface area contributed by atoms with Crippen molar-refractivity contribution in [1.29, 1.82) is 0 Å². The van der Waals surface area contributed by atoms with Crippen LogP contribution in [-0.2, 0) is 9.59 Å². The lowest BCUT2D eigenvalue weighted by Gasteiger charge is -2.07. The van der Waals surface area contributed by atoms with E-state index in [1.165, 1.54) is 6.92 Å². The third kappa shape index (κ3) is 5.43. The number of carbonyl (C=O) groups excluding carboxylic acids is 2. The number of rotatable bonds is 5. The normalized spacial score (nSPS) is 10.1. The topological polar surface area (TPSA) is 149 Å². The summed E-state index contributed by atoms with van der Waals surface area (Å²) in [7, 11) is 0. The number of hydrogen-bond acceptors (Lipinski definition) is 8. The van der Waals surface area contributed by atoms with Crippen molar-refractivity contribution in [2.45, 2.75) is 12.1 Å². The maximum absolute atomic E-state index is 11.9. The van der Waals surface area contributed by atoms with E-state index >= 15 is 0 Å². The number of carbonyl (C=O) groups is 2. The minimum absolute atomic E-state index is 0.00830. The van der Waals surface area contributed by atoms with Crippen LogP contribution in [0, 0.1) is 0 Å². The van der Waals surface area contributed by atoms with E-state index in [1.807, 2.05) is 0 Å². The smallest absolute Gasteiger partial charge is 0.234 e. The second-order valence-corrected chi connectivity index (χ2v) is 5.37. The molecule has 2 rings (SSSR count). The molecule has 0 radical (unpaired) electrons. The van der Waals surface area contributed by atoms with Gasteiger partial charge in [0, 0.05) is 18.3 Å². The molecule has 2 amide bonds. The van der Waals surface area contributed by atoms with Crippen LogP contribution in [0.4, 0.5) is 23.3 Å². The summed E-state index contributed by atoms with van der Waals surface area (Å²) < 4.78 is 0. The van der Waals surface area contributed by atoms with Crippen molar-refractivity contribution in [2.75, 3.05) is 27.9 Å². The molecule has 0 aliphatic heterocycles. The summed E-state index contributed by atoms with van der Waals surface area (Å²) >= 11 is 1.10. The Bertz CT molecular complexity index is 701. The molecular formula is C13H15N7O2S. The van der Waals surface area contributed by atoms with Crippen LogP contribution in [0.3, 0.4) is 0 Å². The maximum atomic E-state index is 11.9. The molecule has 1 heterocycles.